The summed E-state index contributed by atoms with van der Waals surface area (Å²) in [6.07, 6.45) is 0. The molecule has 0 fully saturated rings. The lowest BCUT2D eigenvalue weighted by Crippen LogP contribution is -1.84. The molecule has 0 atom stereocenters. The van der Waals surface area contributed by atoms with E-state index in [9.17, 15) is 4.39 Å². The summed E-state index contributed by atoms with van der Waals surface area (Å²) in [7, 11) is 0. The van der Waals surface area contributed by atoms with E-state index in [1.165, 1.54) is 12.1 Å². The van der Waals surface area contributed by atoms with Gasteiger partial charge in [0, 0.05) is 0 Å². The van der Waals surface area contributed by atoms with Crippen LogP contribution in [0.15, 0.2) is 66.7 Å². The van der Waals surface area contributed by atoms with Crippen LogP contribution in [-0.4, -0.2) is 9.97 Å². The van der Waals surface area contributed by atoms with Gasteiger partial charge in [0.2, 0.25) is 0 Å². The molecule has 4 rings (SSSR count). The van der Waals surface area contributed by atoms with Crippen molar-refractivity contribution in [3.63, 3.8) is 0 Å². The molecule has 0 aliphatic heterocycles. The summed E-state index contributed by atoms with van der Waals surface area (Å²) >= 11 is 0. The molecule has 0 aliphatic rings. The Morgan fingerprint density at radius 3 is 2.33 bits per heavy atom. The summed E-state index contributed by atoms with van der Waals surface area (Å²) in [6, 6.07) is 19.8. The van der Waals surface area contributed by atoms with E-state index < -0.39 is 0 Å². The van der Waals surface area contributed by atoms with Crippen molar-refractivity contribution in [2.75, 3.05) is 0 Å². The first-order valence-corrected chi connectivity index (χ1v) is 7.48. The van der Waals surface area contributed by atoms with E-state index in [0.29, 0.717) is 11.3 Å². The lowest BCUT2D eigenvalue weighted by Gasteiger charge is -2.04. The first kappa shape index (κ1) is 14.2. The van der Waals surface area contributed by atoms with Crippen molar-refractivity contribution in [3.8, 4) is 22.4 Å². The summed E-state index contributed by atoms with van der Waals surface area (Å²) in [6.45, 7) is 7.20. The quantitative estimate of drug-likeness (QED) is 0.481. The largest absolute Gasteiger partial charge is 0.361 e. The van der Waals surface area contributed by atoms with E-state index >= 15 is 0 Å². The van der Waals surface area contributed by atoms with Crippen molar-refractivity contribution in [2.45, 2.75) is 0 Å². The van der Waals surface area contributed by atoms with Crippen molar-refractivity contribution >= 4 is 16.9 Å². The third-order valence-corrected chi connectivity index (χ3v) is 3.94. The van der Waals surface area contributed by atoms with Crippen LogP contribution in [0.1, 0.15) is 0 Å². The van der Waals surface area contributed by atoms with Gasteiger partial charge in [-0.05, 0) is 35.4 Å². The maximum atomic E-state index is 13.3. The van der Waals surface area contributed by atoms with Gasteiger partial charge >= 0.3 is 0 Å². The molecule has 1 N–H and O–H groups in total. The summed E-state index contributed by atoms with van der Waals surface area (Å²) in [5.74, 6) is 0.0548. The molecule has 0 bridgehead atoms. The molecule has 0 unspecified atom stereocenters. The summed E-state index contributed by atoms with van der Waals surface area (Å²) in [4.78, 5) is 11.3. The number of nitrogens with zero attached hydrogens (tertiary/aromatic N) is 2. The van der Waals surface area contributed by atoms with Gasteiger partial charge in [-0.2, -0.15) is 0 Å². The van der Waals surface area contributed by atoms with Gasteiger partial charge in [0.15, 0.2) is 5.52 Å². The topological polar surface area (TPSA) is 33.0 Å². The second-order valence-electron chi connectivity index (χ2n) is 5.43. The molecule has 2 heterocycles. The van der Waals surface area contributed by atoms with E-state index in [2.05, 4.69) is 14.8 Å². The molecule has 24 heavy (non-hydrogen) atoms. The Hall–Kier alpha value is -3.45. The zero-order chi connectivity index (χ0) is 16.5. The van der Waals surface area contributed by atoms with Crippen molar-refractivity contribution < 1.29 is 4.39 Å². The number of hydrogen-bond donors (Lipinski definition) is 1. The van der Waals surface area contributed by atoms with Crippen LogP contribution in [0.3, 0.4) is 0 Å². The minimum atomic E-state index is -0.283. The van der Waals surface area contributed by atoms with Crippen LogP contribution < -0.4 is 0 Å². The number of benzene rings is 2. The second kappa shape index (κ2) is 5.64. The highest BCUT2D eigenvalue weighted by Gasteiger charge is 2.19. The molecule has 2 aromatic carbocycles. The summed E-state index contributed by atoms with van der Waals surface area (Å²) < 4.78 is 13.3. The zero-order valence-corrected chi connectivity index (χ0v) is 12.6. The van der Waals surface area contributed by atoms with Gasteiger partial charge in [0.25, 0.3) is 5.82 Å². The van der Waals surface area contributed by atoms with Gasteiger partial charge in [-0.15, -0.1) is 4.98 Å². The van der Waals surface area contributed by atoms with Gasteiger partial charge in [0.1, 0.15) is 5.82 Å². The molecule has 0 aliphatic carbocycles. The molecule has 0 spiro atoms. The van der Waals surface area contributed by atoms with Gasteiger partial charge in [-0.3, -0.25) is 0 Å². The number of halogens is 1. The Bertz CT molecular complexity index is 1060. The van der Waals surface area contributed by atoms with Gasteiger partial charge in [-0.1, -0.05) is 49.0 Å². The number of H-pyrrole nitrogens is 1. The average Bonchev–Trinajstić information content (AvgIpc) is 3.01. The van der Waals surface area contributed by atoms with Crippen LogP contribution in [0.2, 0.25) is 0 Å². The van der Waals surface area contributed by atoms with Crippen LogP contribution >= 0.6 is 0 Å². The molecule has 0 amide bonds. The highest BCUT2D eigenvalue weighted by atomic mass is 19.1. The van der Waals surface area contributed by atoms with Crippen LogP contribution in [0.4, 0.5) is 10.2 Å². The molecule has 4 aromatic rings. The Balaban J connectivity index is 2.06. The standard InChI is InChI=1S/C20H12FN3/c1-22-17-12-11-16-20(24-17)18(13-7-9-15(21)10-8-13)19(23-16)14-5-3-2-4-6-14/h2-12,23H. The molecule has 3 nitrogen and oxygen atoms in total. The number of hydrogen-bond acceptors (Lipinski definition) is 1. The smallest absolute Gasteiger partial charge is 0.270 e. The number of nitrogens with one attached hydrogen (secondary N) is 1. The lowest BCUT2D eigenvalue weighted by atomic mass is 10.0. The lowest BCUT2D eigenvalue weighted by molar-refractivity contribution is 0.628. The molecule has 4 heteroatoms. The van der Waals surface area contributed by atoms with Crippen LogP contribution in [0.25, 0.3) is 38.3 Å². The monoisotopic (exact) mass is 313 g/mol. The van der Waals surface area contributed by atoms with Crippen LogP contribution in [0, 0.1) is 12.4 Å². The number of fused-ring (bicyclic) bond motifs is 1. The average molecular weight is 313 g/mol. The van der Waals surface area contributed by atoms with Crippen LogP contribution in [-0.2, 0) is 0 Å². The SMILES string of the molecule is [C-]#[N+]c1ccc2[nH]c(-c3ccccc3)c(-c3ccc(F)cc3)c2n1. The minimum absolute atomic E-state index is 0.283. The highest BCUT2D eigenvalue weighted by Crippen LogP contribution is 2.38. The second-order valence-corrected chi connectivity index (χ2v) is 5.43. The van der Waals surface area contributed by atoms with Crippen LogP contribution in [0.5, 0.6) is 0 Å². The maximum absolute atomic E-state index is 13.3. The normalized spacial score (nSPS) is 10.7. The minimum Gasteiger partial charge on any atom is -0.361 e. The highest BCUT2D eigenvalue weighted by molar-refractivity contribution is 6.02. The van der Waals surface area contributed by atoms with Crippen molar-refractivity contribution in [1.82, 2.24) is 9.97 Å². The Kier molecular flexibility index (Phi) is 3.33. The Labute approximate surface area is 138 Å². The molecular formula is C20H12FN3. The fraction of sp³-hybridized carbons (Fsp3) is 0. The Morgan fingerprint density at radius 2 is 1.62 bits per heavy atom. The van der Waals surface area contributed by atoms with Gasteiger partial charge < -0.3 is 9.83 Å². The van der Waals surface area contributed by atoms with Gasteiger partial charge in [0.05, 0.1) is 16.8 Å². The number of rotatable bonds is 2. The number of aromatic nitrogens is 2. The zero-order valence-electron chi connectivity index (χ0n) is 12.6. The fourth-order valence-electron chi connectivity index (χ4n) is 2.84. The third-order valence-electron chi connectivity index (χ3n) is 3.94. The Morgan fingerprint density at radius 1 is 0.875 bits per heavy atom. The maximum Gasteiger partial charge on any atom is 0.270 e. The first-order valence-electron chi connectivity index (χ1n) is 7.48. The van der Waals surface area contributed by atoms with E-state index in [0.717, 1.165) is 27.9 Å². The van der Waals surface area contributed by atoms with E-state index in [-0.39, 0.29) is 5.82 Å². The number of aromatic amines is 1. The summed E-state index contributed by atoms with van der Waals surface area (Å²) in [5, 5.41) is 0. The first-order chi connectivity index (χ1) is 11.8. The molecule has 114 valence electrons. The fourth-order valence-corrected chi connectivity index (χ4v) is 2.84. The molecule has 0 saturated heterocycles. The predicted octanol–water partition coefficient (Wildman–Crippen LogP) is 5.59. The van der Waals surface area contributed by atoms with E-state index in [1.807, 2.05) is 36.4 Å². The van der Waals surface area contributed by atoms with E-state index in [4.69, 9.17) is 6.57 Å². The molecule has 0 radical (unpaired) electrons. The molecular weight excluding hydrogens is 301 g/mol. The third kappa shape index (κ3) is 2.33. The van der Waals surface area contributed by atoms with Crippen molar-refractivity contribution in [3.05, 3.63) is 84.0 Å². The number of pyridine rings is 1. The molecule has 2 aromatic heterocycles. The van der Waals surface area contributed by atoms with Crippen molar-refractivity contribution in [1.29, 1.82) is 0 Å². The van der Waals surface area contributed by atoms with Gasteiger partial charge in [-0.25, -0.2) is 4.39 Å². The summed E-state index contributed by atoms with van der Waals surface area (Å²) in [5.41, 5.74) is 5.22. The molecule has 0 saturated carbocycles. The van der Waals surface area contributed by atoms with Crippen molar-refractivity contribution in [2.24, 2.45) is 0 Å². The predicted molar refractivity (Wildman–Crippen MR) is 93.2 cm³/mol. The van der Waals surface area contributed by atoms with E-state index in [1.54, 1.807) is 18.2 Å².